The number of aromatic nitrogens is 4. The van der Waals surface area contributed by atoms with Gasteiger partial charge in [-0.2, -0.15) is 4.98 Å². The molecule has 0 unspecified atom stereocenters. The van der Waals surface area contributed by atoms with Crippen LogP contribution in [0, 0.1) is 0 Å². The average Bonchev–Trinajstić information content (AvgIpc) is 2.69. The van der Waals surface area contributed by atoms with E-state index in [1.54, 1.807) is 20.8 Å². The fraction of sp³-hybridized carbons (Fsp3) is 0.417. The Morgan fingerprint density at radius 2 is 2.14 bits per heavy atom. The number of imidazole rings is 1. The van der Waals surface area contributed by atoms with Gasteiger partial charge in [0.1, 0.15) is 12.1 Å². The largest absolute Gasteiger partial charge is 0.480 e. The highest BCUT2D eigenvalue weighted by atomic mass is 16.6. The maximum absolute atomic E-state index is 11.9. The van der Waals surface area contributed by atoms with Crippen molar-refractivity contribution in [2.75, 3.05) is 5.32 Å². The van der Waals surface area contributed by atoms with Gasteiger partial charge in [0.15, 0.2) is 11.2 Å². The lowest BCUT2D eigenvalue weighted by Crippen LogP contribution is -2.28. The van der Waals surface area contributed by atoms with Crippen LogP contribution < -0.4 is 10.9 Å². The first kappa shape index (κ1) is 15.5. The lowest BCUT2D eigenvalue weighted by molar-refractivity contribution is -0.137. The summed E-state index contributed by atoms with van der Waals surface area (Å²) >= 11 is 0. The van der Waals surface area contributed by atoms with E-state index in [9.17, 15) is 14.4 Å². The quantitative estimate of drug-likeness (QED) is 0.752. The van der Waals surface area contributed by atoms with E-state index < -0.39 is 29.8 Å². The van der Waals surface area contributed by atoms with E-state index in [-0.39, 0.29) is 17.1 Å². The Bertz CT molecular complexity index is 785. The highest BCUT2D eigenvalue weighted by molar-refractivity contribution is 5.84. The Balaban J connectivity index is 2.33. The number of carboxylic acids is 1. The molecule has 0 aromatic carbocycles. The number of rotatable bonds is 3. The van der Waals surface area contributed by atoms with Gasteiger partial charge in [0.25, 0.3) is 5.56 Å². The van der Waals surface area contributed by atoms with Gasteiger partial charge in [-0.3, -0.25) is 19.9 Å². The minimum absolute atomic E-state index is 0.0176. The van der Waals surface area contributed by atoms with E-state index in [1.807, 2.05) is 0 Å². The van der Waals surface area contributed by atoms with Crippen LogP contribution in [0.3, 0.4) is 0 Å². The average molecular weight is 309 g/mol. The first-order valence-electron chi connectivity index (χ1n) is 6.32. The van der Waals surface area contributed by atoms with Crippen molar-refractivity contribution in [3.8, 4) is 0 Å². The molecule has 1 amide bonds. The van der Waals surface area contributed by atoms with Crippen molar-refractivity contribution in [2.45, 2.75) is 32.9 Å². The minimum atomic E-state index is -1.11. The van der Waals surface area contributed by atoms with Crippen molar-refractivity contribution >= 4 is 29.2 Å². The summed E-state index contributed by atoms with van der Waals surface area (Å²) in [5.74, 6) is -1.26. The third-order valence-electron chi connectivity index (χ3n) is 2.40. The van der Waals surface area contributed by atoms with Crippen molar-refractivity contribution < 1.29 is 19.4 Å². The number of hydrogen-bond donors (Lipinski definition) is 3. The molecule has 22 heavy (non-hydrogen) atoms. The van der Waals surface area contributed by atoms with Gasteiger partial charge in [-0.05, 0) is 20.8 Å². The Morgan fingerprint density at radius 3 is 2.73 bits per heavy atom. The SMILES string of the molecule is CC(C)(C)OC(=O)Nc1nc2c(ncn2CC(=O)O)c(=O)[nH]1. The molecule has 0 bridgehead atoms. The maximum atomic E-state index is 11.9. The van der Waals surface area contributed by atoms with Crippen LogP contribution in [0.2, 0.25) is 0 Å². The molecule has 0 radical (unpaired) electrons. The third-order valence-corrected chi connectivity index (χ3v) is 2.40. The van der Waals surface area contributed by atoms with Gasteiger partial charge in [-0.25, -0.2) is 9.78 Å². The van der Waals surface area contributed by atoms with E-state index in [2.05, 4.69) is 20.3 Å². The van der Waals surface area contributed by atoms with Crippen LogP contribution in [-0.2, 0) is 16.1 Å². The molecule has 0 spiro atoms. The van der Waals surface area contributed by atoms with Crippen molar-refractivity contribution in [3.05, 3.63) is 16.7 Å². The predicted octanol–water partition coefficient (Wildman–Crippen LogP) is 0.551. The summed E-state index contributed by atoms with van der Waals surface area (Å²) in [6.07, 6.45) is 0.400. The molecular weight excluding hydrogens is 294 g/mol. The van der Waals surface area contributed by atoms with E-state index in [0.29, 0.717) is 0 Å². The highest BCUT2D eigenvalue weighted by Crippen LogP contribution is 2.11. The first-order valence-corrected chi connectivity index (χ1v) is 6.32. The van der Waals surface area contributed by atoms with Gasteiger partial charge in [-0.1, -0.05) is 0 Å². The van der Waals surface area contributed by atoms with Gasteiger partial charge >= 0.3 is 12.1 Å². The molecular formula is C12H15N5O5. The van der Waals surface area contributed by atoms with Crippen LogP contribution in [0.25, 0.3) is 11.2 Å². The normalized spacial score (nSPS) is 11.4. The summed E-state index contributed by atoms with van der Waals surface area (Å²) in [5.41, 5.74) is -1.27. The lowest BCUT2D eigenvalue weighted by atomic mass is 10.2. The van der Waals surface area contributed by atoms with Gasteiger partial charge in [0.2, 0.25) is 5.95 Å². The highest BCUT2D eigenvalue weighted by Gasteiger charge is 2.18. The summed E-state index contributed by atoms with van der Waals surface area (Å²) in [6, 6.07) is 0. The molecule has 0 saturated carbocycles. The van der Waals surface area contributed by atoms with E-state index in [0.717, 1.165) is 0 Å². The Labute approximate surface area is 124 Å². The van der Waals surface area contributed by atoms with Crippen LogP contribution in [-0.4, -0.2) is 42.3 Å². The van der Waals surface area contributed by atoms with Gasteiger partial charge < -0.3 is 14.4 Å². The zero-order valence-electron chi connectivity index (χ0n) is 12.2. The second kappa shape index (κ2) is 5.47. The number of amides is 1. The molecule has 2 rings (SSSR count). The van der Waals surface area contributed by atoms with E-state index in [1.165, 1.54) is 10.9 Å². The molecule has 0 fully saturated rings. The number of nitrogens with zero attached hydrogens (tertiary/aromatic N) is 3. The smallest absolute Gasteiger partial charge is 0.414 e. The number of carbonyl (C=O) groups excluding carboxylic acids is 1. The predicted molar refractivity (Wildman–Crippen MR) is 75.6 cm³/mol. The second-order valence-corrected chi connectivity index (χ2v) is 5.48. The van der Waals surface area contributed by atoms with Crippen LogP contribution in [0.4, 0.5) is 10.7 Å². The molecule has 10 nitrogen and oxygen atoms in total. The number of ether oxygens (including phenoxy) is 1. The summed E-state index contributed by atoms with van der Waals surface area (Å²) in [7, 11) is 0. The lowest BCUT2D eigenvalue weighted by Gasteiger charge is -2.19. The second-order valence-electron chi connectivity index (χ2n) is 5.48. The Morgan fingerprint density at radius 1 is 1.45 bits per heavy atom. The molecule has 2 aromatic heterocycles. The molecule has 0 aliphatic carbocycles. The third kappa shape index (κ3) is 3.59. The monoisotopic (exact) mass is 309 g/mol. The fourth-order valence-electron chi connectivity index (χ4n) is 1.67. The van der Waals surface area contributed by atoms with Crippen molar-refractivity contribution in [3.63, 3.8) is 0 Å². The van der Waals surface area contributed by atoms with Gasteiger partial charge in [0.05, 0.1) is 6.33 Å². The zero-order chi connectivity index (χ0) is 16.5. The fourth-order valence-corrected chi connectivity index (χ4v) is 1.67. The van der Waals surface area contributed by atoms with Crippen molar-refractivity contribution in [2.24, 2.45) is 0 Å². The van der Waals surface area contributed by atoms with E-state index >= 15 is 0 Å². The van der Waals surface area contributed by atoms with Gasteiger partial charge in [-0.15, -0.1) is 0 Å². The number of carboxylic acid groups (broad SMARTS) is 1. The number of aromatic amines is 1. The minimum Gasteiger partial charge on any atom is -0.480 e. The Hall–Kier alpha value is -2.91. The summed E-state index contributed by atoms with van der Waals surface area (Å²) in [4.78, 5) is 44.4. The van der Waals surface area contributed by atoms with Gasteiger partial charge in [0, 0.05) is 0 Å². The molecule has 2 heterocycles. The van der Waals surface area contributed by atoms with Crippen LogP contribution in [0.5, 0.6) is 0 Å². The van der Waals surface area contributed by atoms with Crippen LogP contribution in [0.15, 0.2) is 11.1 Å². The number of hydrogen-bond acceptors (Lipinski definition) is 6. The molecule has 0 aliphatic heterocycles. The number of carbonyl (C=O) groups is 2. The number of anilines is 1. The first-order chi connectivity index (χ1) is 10.2. The molecule has 3 N–H and O–H groups in total. The number of fused-ring (bicyclic) bond motifs is 1. The number of aliphatic carboxylic acids is 1. The molecule has 2 aromatic rings. The maximum Gasteiger partial charge on any atom is 0.414 e. The molecule has 0 aliphatic rings. The topological polar surface area (TPSA) is 139 Å². The van der Waals surface area contributed by atoms with Crippen molar-refractivity contribution in [1.29, 1.82) is 0 Å². The number of H-pyrrole nitrogens is 1. The van der Waals surface area contributed by atoms with E-state index in [4.69, 9.17) is 9.84 Å². The summed E-state index contributed by atoms with van der Waals surface area (Å²) in [6.45, 7) is 4.66. The van der Waals surface area contributed by atoms with Crippen molar-refractivity contribution in [1.82, 2.24) is 19.5 Å². The molecule has 0 atom stereocenters. The zero-order valence-corrected chi connectivity index (χ0v) is 12.2. The summed E-state index contributed by atoms with van der Waals surface area (Å²) in [5, 5.41) is 11.1. The Kier molecular flexibility index (Phi) is 3.85. The molecule has 0 saturated heterocycles. The van der Waals surface area contributed by atoms with Crippen LogP contribution in [0.1, 0.15) is 20.8 Å². The number of nitrogens with one attached hydrogen (secondary N) is 2. The van der Waals surface area contributed by atoms with Crippen LogP contribution >= 0.6 is 0 Å². The molecule has 10 heteroatoms. The summed E-state index contributed by atoms with van der Waals surface area (Å²) < 4.78 is 6.23. The standard InChI is InChI=1S/C12H15N5O5/c1-12(2,3)22-11(21)16-10-14-8-7(9(20)15-10)13-5-17(8)4-6(18)19/h5H,4H2,1-3H3,(H,18,19)(H2,14,15,16,20,21). The molecule has 118 valence electrons.